The van der Waals surface area contributed by atoms with Crippen LogP contribution in [0, 0.1) is 0 Å². The summed E-state index contributed by atoms with van der Waals surface area (Å²) < 4.78 is 12.1. The highest BCUT2D eigenvalue weighted by Crippen LogP contribution is 2.33. The maximum atomic E-state index is 13.7. The lowest BCUT2D eigenvalue weighted by Crippen LogP contribution is -2.29. The number of anilines is 1. The third kappa shape index (κ3) is 8.87. The van der Waals surface area contributed by atoms with Crippen molar-refractivity contribution in [3.63, 3.8) is 0 Å². The summed E-state index contributed by atoms with van der Waals surface area (Å²) in [6, 6.07) is 50.6. The van der Waals surface area contributed by atoms with Crippen LogP contribution in [0.2, 0.25) is 0 Å². The number of fused-ring (bicyclic) bond motifs is 2. The van der Waals surface area contributed by atoms with Gasteiger partial charge in [-0.15, -0.1) is 0 Å². The molecule has 10 rings (SSSR count). The number of benzene rings is 8. The summed E-state index contributed by atoms with van der Waals surface area (Å²) in [5.74, 6) is -0.654. The second-order valence-corrected chi connectivity index (χ2v) is 17.3. The largest absolute Gasteiger partial charge is 0.457 e. The fourth-order valence-electron chi connectivity index (χ4n) is 8.50. The van der Waals surface area contributed by atoms with Crippen LogP contribution >= 0.6 is 0 Å². The fraction of sp³-hybridized carbons (Fsp3) is 0.0500. The number of carbonyl (C=O) groups excluding carboxylic acids is 7. The number of hydrogen-bond acceptors (Lipinski definition) is 9. The molecule has 0 atom stereocenters. The van der Waals surface area contributed by atoms with Crippen molar-refractivity contribution in [1.29, 1.82) is 0 Å². The maximum Gasteiger partial charge on any atom is 0.266 e. The van der Waals surface area contributed by atoms with Crippen molar-refractivity contribution < 1.29 is 43.0 Å². The summed E-state index contributed by atoms with van der Waals surface area (Å²) in [5, 5.41) is 2.20. The molecule has 8 aromatic carbocycles. The minimum absolute atomic E-state index is 0.0470. The zero-order chi connectivity index (χ0) is 49.5. The maximum absolute atomic E-state index is 13.7. The summed E-state index contributed by atoms with van der Waals surface area (Å²) in [6.07, 6.45) is 0. The van der Waals surface area contributed by atoms with Crippen LogP contribution in [0.4, 0.5) is 5.69 Å². The van der Waals surface area contributed by atoms with Crippen LogP contribution in [0.25, 0.3) is 5.57 Å². The molecule has 0 aromatic heterocycles. The van der Waals surface area contributed by atoms with Crippen molar-refractivity contribution >= 4 is 52.2 Å². The molecule has 0 fully saturated rings. The fourth-order valence-corrected chi connectivity index (χ4v) is 8.50. The minimum atomic E-state index is -0.616. The van der Waals surface area contributed by atoms with Gasteiger partial charge in [0.2, 0.25) is 0 Å². The lowest BCUT2D eigenvalue weighted by Gasteiger charge is -2.14. The van der Waals surface area contributed by atoms with Gasteiger partial charge in [0.25, 0.3) is 23.6 Å². The molecule has 0 unspecified atom stereocenters. The topological polar surface area (TPSA) is 153 Å². The molecule has 1 N–H and O–H groups in total. The van der Waals surface area contributed by atoms with E-state index in [0.717, 1.165) is 27.3 Å². The van der Waals surface area contributed by atoms with Crippen molar-refractivity contribution in [2.45, 2.75) is 19.8 Å². The minimum Gasteiger partial charge on any atom is -0.457 e. The highest BCUT2D eigenvalue weighted by Gasteiger charge is 2.37. The van der Waals surface area contributed by atoms with Crippen LogP contribution in [-0.4, -0.2) is 41.0 Å². The average molecular weight is 933 g/mol. The number of ether oxygens (including phenoxy) is 2. The Bertz CT molecular complexity index is 3560. The van der Waals surface area contributed by atoms with Gasteiger partial charge in [-0.2, -0.15) is 0 Å². The zero-order valence-electron chi connectivity index (χ0n) is 38.2. The van der Waals surface area contributed by atoms with Gasteiger partial charge in [0.1, 0.15) is 23.0 Å². The van der Waals surface area contributed by atoms with E-state index in [2.05, 4.69) is 37.9 Å². The van der Waals surface area contributed by atoms with Gasteiger partial charge < -0.3 is 9.47 Å². The molecule has 2 aliphatic heterocycles. The van der Waals surface area contributed by atoms with Gasteiger partial charge in [-0.25, -0.2) is 4.90 Å². The number of ketones is 3. The standard InChI is InChI=1S/C60H40N2O9/c1-34(2)36-10-20-46(21-11-36)70-47-22-12-37(13-23-47)35(3)39-6-4-7-40(30-39)54(63)38-14-24-48(25-15-38)71-49-26-18-45(19-27-49)62-59(68)51-29-17-44(33-53(51)60(62)69)56(65)42-9-5-8-41(31-42)55(64)43-16-28-50-52(32-43)58(67)61-57(50)66/h4-34H,3H2,1-2H3,(H,61,66,67). The Hall–Kier alpha value is -9.61. The molecule has 71 heavy (non-hydrogen) atoms. The zero-order valence-corrected chi connectivity index (χ0v) is 38.2. The molecule has 2 heterocycles. The predicted octanol–water partition coefficient (Wildman–Crippen LogP) is 11.8. The number of rotatable bonds is 14. The quantitative estimate of drug-likeness (QED) is 0.0829. The molecular weight excluding hydrogens is 893 g/mol. The third-order valence-corrected chi connectivity index (χ3v) is 12.4. The first-order chi connectivity index (χ1) is 34.3. The summed E-state index contributed by atoms with van der Waals surface area (Å²) >= 11 is 0. The molecule has 11 heteroatoms. The Morgan fingerprint density at radius 1 is 0.423 bits per heavy atom. The van der Waals surface area contributed by atoms with Crippen LogP contribution in [0.1, 0.15) is 126 Å². The Kier molecular flexibility index (Phi) is 11.8. The molecule has 0 saturated carbocycles. The van der Waals surface area contributed by atoms with E-state index in [1.54, 1.807) is 60.7 Å². The summed E-state index contributed by atoms with van der Waals surface area (Å²) in [4.78, 5) is 93.3. The summed E-state index contributed by atoms with van der Waals surface area (Å²) in [5.41, 5.74) is 6.03. The Labute approximate surface area is 407 Å². The second-order valence-electron chi connectivity index (χ2n) is 17.3. The van der Waals surface area contributed by atoms with Crippen LogP contribution in [0.15, 0.2) is 189 Å². The number of amides is 4. The number of carbonyl (C=O) groups is 7. The van der Waals surface area contributed by atoms with Gasteiger partial charge in [0, 0.05) is 33.4 Å². The van der Waals surface area contributed by atoms with E-state index >= 15 is 0 Å². The summed E-state index contributed by atoms with van der Waals surface area (Å²) in [7, 11) is 0. The molecule has 0 radical (unpaired) electrons. The number of nitrogens with zero attached hydrogens (tertiary/aromatic N) is 1. The van der Waals surface area contributed by atoms with Gasteiger partial charge in [-0.3, -0.25) is 38.9 Å². The SMILES string of the molecule is C=C(c1ccc(Oc2ccc(C(C)C)cc2)cc1)c1cccc(C(=O)c2ccc(Oc3ccc(N4C(=O)c5ccc(C(=O)c6cccc(C(=O)c7ccc8c(c7)C(=O)NC8=O)c6)cc5C4=O)cc3)cc2)c1. The van der Waals surface area contributed by atoms with Crippen LogP contribution in [-0.2, 0) is 0 Å². The van der Waals surface area contributed by atoms with Crippen LogP contribution in [0.3, 0.4) is 0 Å². The predicted molar refractivity (Wildman–Crippen MR) is 267 cm³/mol. The Morgan fingerprint density at radius 3 is 1.37 bits per heavy atom. The van der Waals surface area contributed by atoms with Crippen molar-refractivity contribution in [2.24, 2.45) is 0 Å². The molecule has 0 spiro atoms. The van der Waals surface area contributed by atoms with E-state index < -0.39 is 35.2 Å². The van der Waals surface area contributed by atoms with Gasteiger partial charge >= 0.3 is 0 Å². The van der Waals surface area contributed by atoms with Crippen LogP contribution < -0.4 is 19.7 Å². The van der Waals surface area contributed by atoms with E-state index in [-0.39, 0.29) is 56.0 Å². The number of nitrogens with one attached hydrogen (secondary N) is 1. The second kappa shape index (κ2) is 18.5. The molecule has 11 nitrogen and oxygen atoms in total. The van der Waals surface area contributed by atoms with Gasteiger partial charge in [-0.05, 0) is 137 Å². The smallest absolute Gasteiger partial charge is 0.266 e. The first-order valence-corrected chi connectivity index (χ1v) is 22.6. The molecular formula is C60H40N2O9. The Balaban J connectivity index is 0.763. The van der Waals surface area contributed by atoms with Crippen molar-refractivity contribution in [3.05, 3.63) is 261 Å². The van der Waals surface area contributed by atoms with E-state index in [4.69, 9.17) is 9.47 Å². The lowest BCUT2D eigenvalue weighted by atomic mass is 9.95. The first-order valence-electron chi connectivity index (χ1n) is 22.6. The molecule has 8 aromatic rings. The van der Waals surface area contributed by atoms with E-state index in [9.17, 15) is 33.6 Å². The van der Waals surface area contributed by atoms with Gasteiger partial charge in [-0.1, -0.05) is 93.2 Å². The molecule has 0 bridgehead atoms. The normalized spacial score (nSPS) is 12.6. The van der Waals surface area contributed by atoms with E-state index in [0.29, 0.717) is 34.3 Å². The highest BCUT2D eigenvalue weighted by molar-refractivity contribution is 6.35. The highest BCUT2D eigenvalue weighted by atomic mass is 16.5. The monoisotopic (exact) mass is 932 g/mol. The lowest BCUT2D eigenvalue weighted by molar-refractivity contribution is 0.0873. The van der Waals surface area contributed by atoms with E-state index in [1.807, 2.05) is 54.6 Å². The Morgan fingerprint density at radius 2 is 0.817 bits per heavy atom. The van der Waals surface area contributed by atoms with Crippen molar-refractivity contribution in [3.8, 4) is 23.0 Å². The molecule has 2 aliphatic rings. The number of imide groups is 2. The number of hydrogen-bond donors (Lipinski definition) is 1. The molecule has 344 valence electrons. The van der Waals surface area contributed by atoms with Gasteiger partial charge in [0.05, 0.1) is 27.9 Å². The van der Waals surface area contributed by atoms with Crippen LogP contribution in [0.5, 0.6) is 23.0 Å². The third-order valence-electron chi connectivity index (χ3n) is 12.4. The van der Waals surface area contributed by atoms with Crippen molar-refractivity contribution in [1.82, 2.24) is 5.32 Å². The molecule has 0 saturated heterocycles. The molecule has 0 aliphatic carbocycles. The first kappa shape index (κ1) is 45.2. The van der Waals surface area contributed by atoms with Gasteiger partial charge in [0.15, 0.2) is 17.3 Å². The summed E-state index contributed by atoms with van der Waals surface area (Å²) in [6.45, 7) is 8.61. The average Bonchev–Trinajstić information content (AvgIpc) is 3.83. The molecule has 4 amide bonds. The van der Waals surface area contributed by atoms with E-state index in [1.165, 1.54) is 60.2 Å². The van der Waals surface area contributed by atoms with Crippen molar-refractivity contribution in [2.75, 3.05) is 4.90 Å².